The SMILES string of the molecule is Cc1ncsc1CCOCC(O)CNCC1CCC(C)C1. The Labute approximate surface area is 131 Å². The minimum absolute atomic E-state index is 0.409. The third kappa shape index (κ3) is 6.02. The first-order valence-electron chi connectivity index (χ1n) is 8.00. The predicted molar refractivity (Wildman–Crippen MR) is 86.8 cm³/mol. The first-order chi connectivity index (χ1) is 10.1. The molecule has 3 atom stereocenters. The van der Waals surface area contributed by atoms with Crippen LogP contribution in [0.5, 0.6) is 0 Å². The summed E-state index contributed by atoms with van der Waals surface area (Å²) in [6.07, 6.45) is 4.49. The van der Waals surface area contributed by atoms with Gasteiger partial charge in [-0.3, -0.25) is 0 Å². The third-order valence-corrected chi connectivity index (χ3v) is 5.24. The molecule has 1 aliphatic carbocycles. The zero-order valence-electron chi connectivity index (χ0n) is 13.2. The van der Waals surface area contributed by atoms with Crippen LogP contribution in [-0.2, 0) is 11.2 Å². The second-order valence-corrected chi connectivity index (χ2v) is 7.22. The van der Waals surface area contributed by atoms with Gasteiger partial charge in [0.15, 0.2) is 0 Å². The summed E-state index contributed by atoms with van der Waals surface area (Å²) in [5, 5.41) is 13.3. The van der Waals surface area contributed by atoms with Gasteiger partial charge in [-0.1, -0.05) is 13.3 Å². The molecule has 3 unspecified atom stereocenters. The van der Waals surface area contributed by atoms with E-state index in [1.54, 1.807) is 11.3 Å². The first kappa shape index (κ1) is 16.9. The molecular formula is C16H28N2O2S. The summed E-state index contributed by atoms with van der Waals surface area (Å²) in [5.74, 6) is 1.67. The maximum atomic E-state index is 9.89. The Morgan fingerprint density at radius 2 is 2.38 bits per heavy atom. The highest BCUT2D eigenvalue weighted by Gasteiger charge is 2.20. The van der Waals surface area contributed by atoms with Gasteiger partial charge < -0.3 is 15.2 Å². The molecule has 0 aromatic carbocycles. The van der Waals surface area contributed by atoms with Crippen molar-refractivity contribution in [3.63, 3.8) is 0 Å². The highest BCUT2D eigenvalue weighted by atomic mass is 32.1. The molecule has 1 saturated carbocycles. The first-order valence-corrected chi connectivity index (χ1v) is 8.88. The van der Waals surface area contributed by atoms with Gasteiger partial charge in [0.2, 0.25) is 0 Å². The van der Waals surface area contributed by atoms with Crippen LogP contribution in [0.25, 0.3) is 0 Å². The Balaban J connectivity index is 1.48. The lowest BCUT2D eigenvalue weighted by Gasteiger charge is -2.15. The molecule has 5 heteroatoms. The maximum Gasteiger partial charge on any atom is 0.0897 e. The van der Waals surface area contributed by atoms with Crippen LogP contribution >= 0.6 is 11.3 Å². The number of nitrogens with zero attached hydrogens (tertiary/aromatic N) is 1. The molecule has 0 aliphatic heterocycles. The molecule has 2 N–H and O–H groups in total. The minimum atomic E-state index is -0.411. The predicted octanol–water partition coefficient (Wildman–Crippen LogP) is 2.40. The highest BCUT2D eigenvalue weighted by molar-refractivity contribution is 7.09. The average Bonchev–Trinajstić information content (AvgIpc) is 3.04. The Hall–Kier alpha value is -0.490. The number of aliphatic hydroxyl groups excluding tert-OH is 1. The van der Waals surface area contributed by atoms with Crippen LogP contribution in [0.1, 0.15) is 36.8 Å². The fraction of sp³-hybridized carbons (Fsp3) is 0.812. The van der Waals surface area contributed by atoms with Crippen molar-refractivity contribution in [1.82, 2.24) is 10.3 Å². The van der Waals surface area contributed by atoms with E-state index in [2.05, 4.69) is 17.2 Å². The molecule has 0 spiro atoms. The van der Waals surface area contributed by atoms with E-state index >= 15 is 0 Å². The number of hydrogen-bond acceptors (Lipinski definition) is 5. The summed E-state index contributed by atoms with van der Waals surface area (Å²) in [6, 6.07) is 0. The molecule has 0 radical (unpaired) electrons. The Kier molecular flexibility index (Phi) is 7.10. The van der Waals surface area contributed by atoms with E-state index in [1.807, 2.05) is 12.4 Å². The molecule has 1 aromatic heterocycles. The van der Waals surface area contributed by atoms with Crippen molar-refractivity contribution in [2.24, 2.45) is 11.8 Å². The van der Waals surface area contributed by atoms with Crippen molar-refractivity contribution in [2.45, 2.75) is 45.6 Å². The molecule has 21 heavy (non-hydrogen) atoms. The summed E-state index contributed by atoms with van der Waals surface area (Å²) in [5.41, 5.74) is 2.96. The number of aliphatic hydroxyl groups is 1. The van der Waals surface area contributed by atoms with Crippen LogP contribution in [0.15, 0.2) is 5.51 Å². The van der Waals surface area contributed by atoms with E-state index in [4.69, 9.17) is 4.74 Å². The standard InChI is InChI=1S/C16H28N2O2S/c1-12-3-4-14(7-12)8-17-9-15(19)10-20-6-5-16-13(2)18-11-21-16/h11-12,14-15,17,19H,3-10H2,1-2H3. The van der Waals surface area contributed by atoms with Crippen LogP contribution in [-0.4, -0.2) is 42.5 Å². The second-order valence-electron chi connectivity index (χ2n) is 6.28. The average molecular weight is 312 g/mol. The van der Waals surface area contributed by atoms with E-state index in [0.717, 1.165) is 30.5 Å². The van der Waals surface area contributed by atoms with Crippen LogP contribution in [0.3, 0.4) is 0 Å². The summed E-state index contributed by atoms with van der Waals surface area (Å²) in [6.45, 7) is 7.07. The minimum Gasteiger partial charge on any atom is -0.389 e. The molecule has 1 fully saturated rings. The lowest BCUT2D eigenvalue weighted by molar-refractivity contribution is 0.0381. The van der Waals surface area contributed by atoms with Crippen molar-refractivity contribution in [3.05, 3.63) is 16.1 Å². The van der Waals surface area contributed by atoms with Crippen molar-refractivity contribution < 1.29 is 9.84 Å². The van der Waals surface area contributed by atoms with Crippen LogP contribution in [0, 0.1) is 18.8 Å². The molecule has 4 nitrogen and oxygen atoms in total. The highest BCUT2D eigenvalue weighted by Crippen LogP contribution is 2.29. The molecule has 1 aromatic rings. The number of ether oxygens (including phenoxy) is 1. The number of aromatic nitrogens is 1. The molecule has 120 valence electrons. The van der Waals surface area contributed by atoms with Gasteiger partial charge in [0, 0.05) is 17.8 Å². The summed E-state index contributed by atoms with van der Waals surface area (Å²) in [7, 11) is 0. The van der Waals surface area contributed by atoms with Crippen molar-refractivity contribution >= 4 is 11.3 Å². The fourth-order valence-electron chi connectivity index (χ4n) is 2.97. The Morgan fingerprint density at radius 3 is 3.05 bits per heavy atom. The molecule has 0 bridgehead atoms. The van der Waals surface area contributed by atoms with Crippen LogP contribution in [0.4, 0.5) is 0 Å². The fourth-order valence-corrected chi connectivity index (χ4v) is 3.74. The van der Waals surface area contributed by atoms with E-state index in [-0.39, 0.29) is 0 Å². The van der Waals surface area contributed by atoms with Crippen LogP contribution < -0.4 is 5.32 Å². The van der Waals surface area contributed by atoms with Crippen LogP contribution in [0.2, 0.25) is 0 Å². The van der Waals surface area contributed by atoms with E-state index in [9.17, 15) is 5.11 Å². The van der Waals surface area contributed by atoms with Gasteiger partial charge in [0.05, 0.1) is 30.5 Å². The number of aryl methyl sites for hydroxylation is 1. The van der Waals surface area contributed by atoms with Gasteiger partial charge in [-0.2, -0.15) is 0 Å². The largest absolute Gasteiger partial charge is 0.389 e. The van der Waals surface area contributed by atoms with Gasteiger partial charge in [0.25, 0.3) is 0 Å². The van der Waals surface area contributed by atoms with Gasteiger partial charge in [-0.05, 0) is 38.1 Å². The Bertz CT molecular complexity index is 411. The molecule has 0 amide bonds. The smallest absolute Gasteiger partial charge is 0.0897 e. The summed E-state index contributed by atoms with van der Waals surface area (Å²) < 4.78 is 5.55. The second kappa shape index (κ2) is 8.83. The number of nitrogens with one attached hydrogen (secondary N) is 1. The van der Waals surface area contributed by atoms with E-state index < -0.39 is 6.10 Å². The quantitative estimate of drug-likeness (QED) is 0.688. The zero-order valence-corrected chi connectivity index (χ0v) is 14.0. The summed E-state index contributed by atoms with van der Waals surface area (Å²) >= 11 is 1.67. The van der Waals surface area contributed by atoms with Crippen molar-refractivity contribution in [3.8, 4) is 0 Å². The van der Waals surface area contributed by atoms with E-state index in [1.165, 1.54) is 24.1 Å². The van der Waals surface area contributed by atoms with E-state index in [0.29, 0.717) is 19.8 Å². The van der Waals surface area contributed by atoms with Gasteiger partial charge in [-0.15, -0.1) is 11.3 Å². The lowest BCUT2D eigenvalue weighted by Crippen LogP contribution is -2.33. The normalized spacial score (nSPS) is 23.6. The molecule has 1 heterocycles. The summed E-state index contributed by atoms with van der Waals surface area (Å²) in [4.78, 5) is 5.49. The Morgan fingerprint density at radius 1 is 1.52 bits per heavy atom. The van der Waals surface area contributed by atoms with Gasteiger partial charge >= 0.3 is 0 Å². The molecule has 2 rings (SSSR count). The number of thiazole rings is 1. The molecule has 1 aliphatic rings. The number of hydrogen-bond donors (Lipinski definition) is 2. The molecular weight excluding hydrogens is 284 g/mol. The number of rotatable bonds is 9. The van der Waals surface area contributed by atoms with Gasteiger partial charge in [0.1, 0.15) is 0 Å². The van der Waals surface area contributed by atoms with Crippen molar-refractivity contribution in [1.29, 1.82) is 0 Å². The zero-order chi connectivity index (χ0) is 15.1. The van der Waals surface area contributed by atoms with Crippen molar-refractivity contribution in [2.75, 3.05) is 26.3 Å². The van der Waals surface area contributed by atoms with Gasteiger partial charge in [-0.25, -0.2) is 4.98 Å². The molecule has 0 saturated heterocycles. The third-order valence-electron chi connectivity index (χ3n) is 4.24. The lowest BCUT2D eigenvalue weighted by atomic mass is 10.1. The topological polar surface area (TPSA) is 54.4 Å². The monoisotopic (exact) mass is 312 g/mol. The maximum absolute atomic E-state index is 9.89.